The van der Waals surface area contributed by atoms with Crippen LogP contribution in [0.2, 0.25) is 0 Å². The zero-order valence-corrected chi connectivity index (χ0v) is 9.17. The summed E-state index contributed by atoms with van der Waals surface area (Å²) in [4.78, 5) is 10.7. The fraction of sp³-hybridized carbons (Fsp3) is 0.300. The molecule has 0 aliphatic carbocycles. The predicted octanol–water partition coefficient (Wildman–Crippen LogP) is 0.832. The summed E-state index contributed by atoms with van der Waals surface area (Å²) in [5.74, 6) is -0.609. The van der Waals surface area contributed by atoms with E-state index in [4.69, 9.17) is 5.73 Å². The Labute approximate surface area is 89.0 Å². The Hall–Kier alpha value is -1.36. The molecule has 0 heterocycles. The standard InChI is InChI=1S/C10H12NO3S/c1-15(13,14)9-5-2-8(3-6-9)4-7-10(11)12/h2-3,5-6,11H,4,7H2,1H3. The van der Waals surface area contributed by atoms with Crippen molar-refractivity contribution in [3.05, 3.63) is 29.8 Å². The molecule has 0 spiro atoms. The highest BCUT2D eigenvalue weighted by Crippen LogP contribution is 2.11. The molecular formula is C10H12NO3S. The maximum absolute atomic E-state index is 11.1. The van der Waals surface area contributed by atoms with Gasteiger partial charge in [0.2, 0.25) is 5.91 Å². The first-order valence-electron chi connectivity index (χ1n) is 4.43. The Morgan fingerprint density at radius 3 is 2.20 bits per heavy atom. The molecule has 0 unspecified atom stereocenters. The molecule has 0 atom stereocenters. The number of rotatable bonds is 4. The monoisotopic (exact) mass is 226 g/mol. The number of aryl methyl sites for hydroxylation is 1. The van der Waals surface area contributed by atoms with Gasteiger partial charge in [0.1, 0.15) is 0 Å². The van der Waals surface area contributed by atoms with Gasteiger partial charge in [0.25, 0.3) is 0 Å². The molecule has 1 amide bonds. The second-order valence-electron chi connectivity index (χ2n) is 3.34. The molecule has 1 rings (SSSR count). The van der Waals surface area contributed by atoms with E-state index in [9.17, 15) is 13.2 Å². The molecule has 1 aromatic carbocycles. The van der Waals surface area contributed by atoms with Crippen LogP contribution in [0.25, 0.3) is 0 Å². The fourth-order valence-electron chi connectivity index (χ4n) is 1.16. The lowest BCUT2D eigenvalue weighted by atomic mass is 10.1. The van der Waals surface area contributed by atoms with Gasteiger partial charge in [0.05, 0.1) is 4.90 Å². The summed E-state index contributed by atoms with van der Waals surface area (Å²) in [5, 5.41) is 0. The molecule has 0 bridgehead atoms. The number of sulfone groups is 1. The number of hydrogen-bond donors (Lipinski definition) is 0. The maximum Gasteiger partial charge on any atom is 0.238 e. The quantitative estimate of drug-likeness (QED) is 0.763. The van der Waals surface area contributed by atoms with Gasteiger partial charge >= 0.3 is 0 Å². The lowest BCUT2D eigenvalue weighted by molar-refractivity contribution is -0.118. The van der Waals surface area contributed by atoms with Gasteiger partial charge < -0.3 is 0 Å². The van der Waals surface area contributed by atoms with Crippen LogP contribution in [0.1, 0.15) is 12.0 Å². The van der Waals surface area contributed by atoms with E-state index in [2.05, 4.69) is 0 Å². The highest BCUT2D eigenvalue weighted by atomic mass is 32.2. The molecule has 1 aromatic rings. The van der Waals surface area contributed by atoms with Gasteiger partial charge in [-0.15, -0.1) is 0 Å². The van der Waals surface area contributed by atoms with Gasteiger partial charge in [-0.3, -0.25) is 10.5 Å². The second kappa shape index (κ2) is 4.44. The molecule has 15 heavy (non-hydrogen) atoms. The Kier molecular flexibility index (Phi) is 3.47. The third-order valence-corrected chi connectivity index (χ3v) is 3.12. The zero-order valence-electron chi connectivity index (χ0n) is 8.36. The minimum atomic E-state index is -3.15. The Morgan fingerprint density at radius 2 is 1.80 bits per heavy atom. The van der Waals surface area contributed by atoms with Crippen LogP contribution in [0.3, 0.4) is 0 Å². The third-order valence-electron chi connectivity index (χ3n) is 1.99. The van der Waals surface area contributed by atoms with E-state index in [-0.39, 0.29) is 11.3 Å². The van der Waals surface area contributed by atoms with Crippen LogP contribution in [0.4, 0.5) is 0 Å². The molecule has 81 valence electrons. The van der Waals surface area contributed by atoms with Crippen molar-refractivity contribution in [1.82, 2.24) is 5.73 Å². The van der Waals surface area contributed by atoms with Crippen molar-refractivity contribution in [2.24, 2.45) is 0 Å². The van der Waals surface area contributed by atoms with E-state index in [0.29, 0.717) is 6.42 Å². The normalized spacial score (nSPS) is 11.3. The predicted molar refractivity (Wildman–Crippen MR) is 56.0 cm³/mol. The summed E-state index contributed by atoms with van der Waals surface area (Å²) in [6.07, 6.45) is 1.79. The van der Waals surface area contributed by atoms with Crippen LogP contribution < -0.4 is 5.73 Å². The SMILES string of the molecule is CS(=O)(=O)c1ccc(CCC([NH])=O)cc1. The van der Waals surface area contributed by atoms with Crippen LogP contribution in [0, 0.1) is 0 Å². The van der Waals surface area contributed by atoms with Crippen molar-refractivity contribution in [2.45, 2.75) is 17.7 Å². The summed E-state index contributed by atoms with van der Waals surface area (Å²) in [5.41, 5.74) is 7.60. The molecule has 5 heteroatoms. The number of benzene rings is 1. The first kappa shape index (κ1) is 11.7. The van der Waals surface area contributed by atoms with E-state index < -0.39 is 15.7 Å². The smallest absolute Gasteiger partial charge is 0.238 e. The second-order valence-corrected chi connectivity index (χ2v) is 5.36. The summed E-state index contributed by atoms with van der Waals surface area (Å²) in [7, 11) is -3.15. The number of carbonyl (C=O) groups is 1. The molecule has 0 aliphatic rings. The van der Waals surface area contributed by atoms with Crippen molar-refractivity contribution in [2.75, 3.05) is 6.26 Å². The summed E-state index contributed by atoms with van der Waals surface area (Å²) in [6, 6.07) is 6.36. The molecule has 1 radical (unpaired) electrons. The fourth-order valence-corrected chi connectivity index (χ4v) is 1.79. The summed E-state index contributed by atoms with van der Waals surface area (Å²) >= 11 is 0. The first-order chi connectivity index (χ1) is 6.89. The van der Waals surface area contributed by atoms with E-state index in [1.807, 2.05) is 0 Å². The van der Waals surface area contributed by atoms with Gasteiger partial charge in [0, 0.05) is 12.7 Å². The molecule has 1 N–H and O–H groups in total. The van der Waals surface area contributed by atoms with E-state index in [1.54, 1.807) is 12.1 Å². The van der Waals surface area contributed by atoms with E-state index >= 15 is 0 Å². The van der Waals surface area contributed by atoms with Crippen LogP contribution in [-0.4, -0.2) is 20.6 Å². The highest BCUT2D eigenvalue weighted by Gasteiger charge is 2.06. The molecule has 0 saturated heterocycles. The minimum absolute atomic E-state index is 0.165. The average Bonchev–Trinajstić information content (AvgIpc) is 2.14. The van der Waals surface area contributed by atoms with E-state index in [1.165, 1.54) is 12.1 Å². The van der Waals surface area contributed by atoms with Crippen molar-refractivity contribution in [1.29, 1.82) is 0 Å². The van der Waals surface area contributed by atoms with Crippen LogP contribution >= 0.6 is 0 Å². The maximum atomic E-state index is 11.1. The molecular weight excluding hydrogens is 214 g/mol. The van der Waals surface area contributed by atoms with Gasteiger partial charge in [-0.25, -0.2) is 8.42 Å². The minimum Gasteiger partial charge on any atom is -0.273 e. The molecule has 0 aliphatic heterocycles. The summed E-state index contributed by atoms with van der Waals surface area (Å²) in [6.45, 7) is 0. The number of nitrogens with one attached hydrogen (secondary N) is 1. The first-order valence-corrected chi connectivity index (χ1v) is 6.32. The van der Waals surface area contributed by atoms with Crippen LogP contribution in [0.15, 0.2) is 29.2 Å². The molecule has 0 saturated carbocycles. The Bertz CT molecular complexity index is 448. The number of hydrogen-bond acceptors (Lipinski definition) is 3. The third kappa shape index (κ3) is 3.71. The summed E-state index contributed by atoms with van der Waals surface area (Å²) < 4.78 is 22.3. The van der Waals surface area contributed by atoms with Gasteiger partial charge in [-0.1, -0.05) is 12.1 Å². The molecule has 0 aromatic heterocycles. The Morgan fingerprint density at radius 1 is 1.27 bits per heavy atom. The lowest BCUT2D eigenvalue weighted by Crippen LogP contribution is -2.00. The molecule has 0 fully saturated rings. The number of amides is 1. The molecule has 4 nitrogen and oxygen atoms in total. The van der Waals surface area contributed by atoms with Gasteiger partial charge in [-0.2, -0.15) is 0 Å². The van der Waals surface area contributed by atoms with Crippen LogP contribution in [-0.2, 0) is 21.1 Å². The average molecular weight is 226 g/mol. The zero-order chi connectivity index (χ0) is 11.5. The number of carbonyl (C=O) groups excluding carboxylic acids is 1. The van der Waals surface area contributed by atoms with Gasteiger partial charge in [0.15, 0.2) is 9.84 Å². The van der Waals surface area contributed by atoms with Crippen molar-refractivity contribution >= 4 is 15.7 Å². The van der Waals surface area contributed by atoms with E-state index in [0.717, 1.165) is 11.8 Å². The van der Waals surface area contributed by atoms with Crippen molar-refractivity contribution in [3.63, 3.8) is 0 Å². The largest absolute Gasteiger partial charge is 0.273 e. The topological polar surface area (TPSA) is 75.0 Å². The lowest BCUT2D eigenvalue weighted by Gasteiger charge is -2.01. The Balaban J connectivity index is 2.77. The van der Waals surface area contributed by atoms with Crippen LogP contribution in [0.5, 0.6) is 0 Å². The van der Waals surface area contributed by atoms with Crippen molar-refractivity contribution < 1.29 is 13.2 Å². The van der Waals surface area contributed by atoms with Gasteiger partial charge in [-0.05, 0) is 24.1 Å². The highest BCUT2D eigenvalue weighted by molar-refractivity contribution is 7.90. The van der Waals surface area contributed by atoms with Crippen molar-refractivity contribution in [3.8, 4) is 0 Å².